The Morgan fingerprint density at radius 2 is 2.07 bits per heavy atom. The standard InChI is InChI=1S/C21H22N2O2S2/c1-3-25-17-10-11-18-19(15-17)27-21(23(18)13-14-26-2)22-20(24)12-9-16-7-5-4-6-8-16/h4-12,15H,3,13-14H2,1-2H3/b12-9+,22-21?. The Balaban J connectivity index is 1.96. The Morgan fingerprint density at radius 3 is 2.81 bits per heavy atom. The quantitative estimate of drug-likeness (QED) is 0.546. The fourth-order valence-corrected chi connectivity index (χ4v) is 4.11. The number of rotatable bonds is 7. The van der Waals surface area contributed by atoms with E-state index in [0.717, 1.165) is 38.6 Å². The second-order valence-corrected chi connectivity index (χ2v) is 7.78. The van der Waals surface area contributed by atoms with E-state index in [9.17, 15) is 4.79 Å². The summed E-state index contributed by atoms with van der Waals surface area (Å²) in [6.07, 6.45) is 5.38. The van der Waals surface area contributed by atoms with Crippen LogP contribution >= 0.6 is 23.1 Å². The minimum atomic E-state index is -0.256. The number of thiazole rings is 1. The van der Waals surface area contributed by atoms with Crippen molar-refractivity contribution < 1.29 is 9.53 Å². The highest BCUT2D eigenvalue weighted by Crippen LogP contribution is 2.23. The largest absolute Gasteiger partial charge is 0.494 e. The van der Waals surface area contributed by atoms with Crippen LogP contribution in [-0.2, 0) is 11.3 Å². The maximum absolute atomic E-state index is 12.4. The van der Waals surface area contributed by atoms with E-state index in [1.807, 2.05) is 55.5 Å². The van der Waals surface area contributed by atoms with Gasteiger partial charge in [-0.3, -0.25) is 4.79 Å². The third-order valence-corrected chi connectivity index (χ3v) is 5.54. The van der Waals surface area contributed by atoms with E-state index in [4.69, 9.17) is 4.74 Å². The molecule has 1 aromatic heterocycles. The van der Waals surface area contributed by atoms with Crippen molar-refractivity contribution >= 4 is 45.3 Å². The number of fused-ring (bicyclic) bond motifs is 1. The van der Waals surface area contributed by atoms with E-state index in [2.05, 4.69) is 15.8 Å². The predicted octanol–water partition coefficient (Wildman–Crippen LogP) is 4.61. The van der Waals surface area contributed by atoms with Gasteiger partial charge in [0.25, 0.3) is 5.91 Å². The zero-order chi connectivity index (χ0) is 19.1. The van der Waals surface area contributed by atoms with Crippen LogP contribution in [0.15, 0.2) is 59.6 Å². The molecule has 1 amide bonds. The summed E-state index contributed by atoms with van der Waals surface area (Å²) >= 11 is 3.29. The van der Waals surface area contributed by atoms with Crippen LogP contribution in [0, 0.1) is 0 Å². The number of ether oxygens (including phenoxy) is 1. The van der Waals surface area contributed by atoms with E-state index < -0.39 is 0 Å². The number of aryl methyl sites for hydroxylation is 1. The lowest BCUT2D eigenvalue weighted by Crippen LogP contribution is -2.17. The van der Waals surface area contributed by atoms with Crippen molar-refractivity contribution in [2.45, 2.75) is 13.5 Å². The Kier molecular flexibility index (Phi) is 6.90. The number of nitrogens with zero attached hydrogens (tertiary/aromatic N) is 2. The highest BCUT2D eigenvalue weighted by molar-refractivity contribution is 7.98. The summed E-state index contributed by atoms with van der Waals surface area (Å²) in [6, 6.07) is 15.8. The molecule has 0 aliphatic carbocycles. The molecule has 0 spiro atoms. The van der Waals surface area contributed by atoms with Gasteiger partial charge < -0.3 is 9.30 Å². The first kappa shape index (κ1) is 19.5. The summed E-state index contributed by atoms with van der Waals surface area (Å²) < 4.78 is 8.78. The summed E-state index contributed by atoms with van der Waals surface area (Å²) in [5, 5.41) is 0. The van der Waals surface area contributed by atoms with Crippen molar-refractivity contribution in [2.75, 3.05) is 18.6 Å². The molecule has 6 heteroatoms. The van der Waals surface area contributed by atoms with E-state index in [1.54, 1.807) is 17.8 Å². The molecule has 0 unspecified atom stereocenters. The molecule has 2 aromatic carbocycles. The van der Waals surface area contributed by atoms with Crippen molar-refractivity contribution in [3.8, 4) is 5.75 Å². The number of carbonyl (C=O) groups is 1. The van der Waals surface area contributed by atoms with Gasteiger partial charge in [-0.25, -0.2) is 0 Å². The number of thioether (sulfide) groups is 1. The van der Waals surface area contributed by atoms with Crippen molar-refractivity contribution in [1.29, 1.82) is 0 Å². The number of amides is 1. The molecule has 0 saturated heterocycles. The Morgan fingerprint density at radius 1 is 1.26 bits per heavy atom. The van der Waals surface area contributed by atoms with Crippen LogP contribution in [0.25, 0.3) is 16.3 Å². The van der Waals surface area contributed by atoms with Gasteiger partial charge in [0.2, 0.25) is 0 Å². The summed E-state index contributed by atoms with van der Waals surface area (Å²) in [5.41, 5.74) is 2.06. The van der Waals surface area contributed by atoms with Crippen LogP contribution in [0.2, 0.25) is 0 Å². The van der Waals surface area contributed by atoms with Gasteiger partial charge in [0.1, 0.15) is 5.75 Å². The van der Waals surface area contributed by atoms with Gasteiger partial charge in [0.15, 0.2) is 4.80 Å². The normalized spacial score (nSPS) is 12.1. The lowest BCUT2D eigenvalue weighted by atomic mass is 10.2. The van der Waals surface area contributed by atoms with Gasteiger partial charge in [-0.15, -0.1) is 0 Å². The minimum absolute atomic E-state index is 0.256. The van der Waals surface area contributed by atoms with E-state index in [-0.39, 0.29) is 5.91 Å². The first-order valence-electron chi connectivity index (χ1n) is 8.78. The van der Waals surface area contributed by atoms with Gasteiger partial charge >= 0.3 is 0 Å². The summed E-state index contributed by atoms with van der Waals surface area (Å²) in [6.45, 7) is 3.41. The molecule has 0 atom stereocenters. The maximum atomic E-state index is 12.4. The second kappa shape index (κ2) is 9.58. The van der Waals surface area contributed by atoms with Crippen LogP contribution in [-0.4, -0.2) is 29.1 Å². The van der Waals surface area contributed by atoms with Crippen molar-refractivity contribution in [1.82, 2.24) is 4.57 Å². The smallest absolute Gasteiger partial charge is 0.272 e. The zero-order valence-electron chi connectivity index (χ0n) is 15.4. The number of carbonyl (C=O) groups excluding carboxylic acids is 1. The molecule has 0 bridgehead atoms. The molecular weight excluding hydrogens is 376 g/mol. The van der Waals surface area contributed by atoms with Crippen molar-refractivity contribution in [3.05, 3.63) is 65.0 Å². The molecule has 140 valence electrons. The molecule has 1 heterocycles. The van der Waals surface area contributed by atoms with E-state index in [1.165, 1.54) is 17.4 Å². The van der Waals surface area contributed by atoms with Gasteiger partial charge in [0.05, 0.1) is 16.8 Å². The average molecular weight is 399 g/mol. The van der Waals surface area contributed by atoms with Gasteiger partial charge in [-0.1, -0.05) is 41.7 Å². The molecule has 0 aliphatic rings. The number of hydrogen-bond donors (Lipinski definition) is 0. The monoisotopic (exact) mass is 398 g/mol. The number of aromatic nitrogens is 1. The molecule has 27 heavy (non-hydrogen) atoms. The lowest BCUT2D eigenvalue weighted by Gasteiger charge is -2.05. The Hall–Kier alpha value is -2.31. The average Bonchev–Trinajstić information content (AvgIpc) is 3.02. The predicted molar refractivity (Wildman–Crippen MR) is 115 cm³/mol. The van der Waals surface area contributed by atoms with Crippen molar-refractivity contribution in [3.63, 3.8) is 0 Å². The molecule has 4 nitrogen and oxygen atoms in total. The van der Waals surface area contributed by atoms with Gasteiger partial charge in [-0.2, -0.15) is 16.8 Å². The summed E-state index contributed by atoms with van der Waals surface area (Å²) in [7, 11) is 0. The number of benzene rings is 2. The van der Waals surface area contributed by atoms with Crippen LogP contribution in [0.1, 0.15) is 12.5 Å². The first-order chi connectivity index (χ1) is 13.2. The molecule has 3 aromatic rings. The van der Waals surface area contributed by atoms with Crippen LogP contribution in [0.5, 0.6) is 5.75 Å². The molecule has 0 fully saturated rings. The third kappa shape index (κ3) is 5.11. The van der Waals surface area contributed by atoms with E-state index >= 15 is 0 Å². The zero-order valence-corrected chi connectivity index (χ0v) is 17.1. The highest BCUT2D eigenvalue weighted by Gasteiger charge is 2.08. The Labute approximate surface area is 167 Å². The molecule has 3 rings (SSSR count). The summed E-state index contributed by atoms with van der Waals surface area (Å²) in [5.74, 6) is 1.54. The highest BCUT2D eigenvalue weighted by atomic mass is 32.2. The minimum Gasteiger partial charge on any atom is -0.494 e. The van der Waals surface area contributed by atoms with Crippen LogP contribution in [0.3, 0.4) is 0 Å². The van der Waals surface area contributed by atoms with Gasteiger partial charge in [0, 0.05) is 18.4 Å². The molecule has 0 radical (unpaired) electrons. The Bertz CT molecular complexity index is 1000. The number of hydrogen-bond acceptors (Lipinski definition) is 4. The molecule has 0 saturated carbocycles. The fraction of sp³-hybridized carbons (Fsp3) is 0.238. The first-order valence-corrected chi connectivity index (χ1v) is 11.0. The molecule has 0 N–H and O–H groups in total. The summed E-state index contributed by atoms with van der Waals surface area (Å²) in [4.78, 5) is 17.4. The SMILES string of the molecule is CCOc1ccc2c(c1)sc(=NC(=O)/C=C/c1ccccc1)n2CCSC. The van der Waals surface area contributed by atoms with Crippen LogP contribution in [0.4, 0.5) is 0 Å². The third-order valence-electron chi connectivity index (χ3n) is 3.91. The molecular formula is C21H22N2O2S2. The maximum Gasteiger partial charge on any atom is 0.272 e. The van der Waals surface area contributed by atoms with Crippen LogP contribution < -0.4 is 9.54 Å². The second-order valence-electron chi connectivity index (χ2n) is 5.79. The lowest BCUT2D eigenvalue weighted by molar-refractivity contribution is -0.113. The topological polar surface area (TPSA) is 43.6 Å². The van der Waals surface area contributed by atoms with E-state index in [0.29, 0.717) is 6.61 Å². The van der Waals surface area contributed by atoms with Crippen molar-refractivity contribution in [2.24, 2.45) is 4.99 Å². The molecule has 0 aliphatic heterocycles. The van der Waals surface area contributed by atoms with Gasteiger partial charge in [-0.05, 0) is 43.0 Å². The fourth-order valence-electron chi connectivity index (χ4n) is 2.66.